The van der Waals surface area contributed by atoms with Gasteiger partial charge < -0.3 is 5.32 Å². The highest BCUT2D eigenvalue weighted by atomic mass is 32.2. The van der Waals surface area contributed by atoms with E-state index in [-0.39, 0.29) is 25.0 Å². The first-order valence-electron chi connectivity index (χ1n) is 8.23. The smallest absolute Gasteiger partial charge is 0.235 e. The Kier molecular flexibility index (Phi) is 6.73. The van der Waals surface area contributed by atoms with Gasteiger partial charge in [0.05, 0.1) is 18.8 Å². The maximum atomic E-state index is 12.4. The highest BCUT2D eigenvalue weighted by Crippen LogP contribution is 2.16. The molecular weight excluding hydrogens is 336 g/mol. The summed E-state index contributed by atoms with van der Waals surface area (Å²) >= 11 is 0. The number of sulfonamides is 1. The molecule has 2 rings (SSSR count). The van der Waals surface area contributed by atoms with E-state index in [4.69, 9.17) is 0 Å². The van der Waals surface area contributed by atoms with E-state index in [1.807, 2.05) is 67.6 Å². The van der Waals surface area contributed by atoms with Crippen LogP contribution in [-0.2, 0) is 21.4 Å². The molecule has 1 N–H and O–H groups in total. The molecule has 2 aromatic rings. The van der Waals surface area contributed by atoms with E-state index >= 15 is 0 Å². The van der Waals surface area contributed by atoms with Crippen LogP contribution < -0.4 is 5.32 Å². The van der Waals surface area contributed by atoms with Gasteiger partial charge in [-0.1, -0.05) is 67.6 Å². The second-order valence-electron chi connectivity index (χ2n) is 5.96. The van der Waals surface area contributed by atoms with Gasteiger partial charge in [-0.3, -0.25) is 4.79 Å². The topological polar surface area (TPSA) is 66.5 Å². The van der Waals surface area contributed by atoms with Gasteiger partial charge in [0.2, 0.25) is 15.9 Å². The number of amides is 1. The summed E-state index contributed by atoms with van der Waals surface area (Å²) in [7, 11) is -3.49. The third-order valence-electron chi connectivity index (χ3n) is 3.94. The van der Waals surface area contributed by atoms with Crippen LogP contribution in [0.15, 0.2) is 60.7 Å². The Labute approximate surface area is 149 Å². The van der Waals surface area contributed by atoms with E-state index in [0.29, 0.717) is 0 Å². The van der Waals surface area contributed by atoms with Crippen LogP contribution in [-0.4, -0.2) is 31.4 Å². The van der Waals surface area contributed by atoms with Gasteiger partial charge in [0, 0.05) is 6.54 Å². The molecule has 1 amide bonds. The fraction of sp³-hybridized carbons (Fsp3) is 0.316. The normalized spacial score (nSPS) is 12.8. The van der Waals surface area contributed by atoms with Gasteiger partial charge in [0.1, 0.15) is 0 Å². The molecule has 0 fully saturated rings. The number of hydrogen-bond donors (Lipinski definition) is 1. The van der Waals surface area contributed by atoms with Gasteiger partial charge in [-0.05, 0) is 17.5 Å². The Bertz CT molecular complexity index is 777. The Morgan fingerprint density at radius 2 is 1.60 bits per heavy atom. The number of carbonyl (C=O) groups excluding carboxylic acids is 1. The highest BCUT2D eigenvalue weighted by Gasteiger charge is 2.22. The van der Waals surface area contributed by atoms with Crippen LogP contribution in [0.3, 0.4) is 0 Å². The summed E-state index contributed by atoms with van der Waals surface area (Å²) in [6.07, 6.45) is 1.85. The van der Waals surface area contributed by atoms with Gasteiger partial charge in [0.15, 0.2) is 0 Å². The number of benzene rings is 2. The van der Waals surface area contributed by atoms with Crippen LogP contribution in [0.25, 0.3) is 0 Å². The van der Waals surface area contributed by atoms with Crippen molar-refractivity contribution in [2.75, 3.05) is 12.8 Å². The lowest BCUT2D eigenvalue weighted by Gasteiger charge is -2.22. The fourth-order valence-corrected chi connectivity index (χ4v) is 3.32. The van der Waals surface area contributed by atoms with Gasteiger partial charge in [0.25, 0.3) is 0 Å². The first kappa shape index (κ1) is 19.1. The molecule has 6 heteroatoms. The van der Waals surface area contributed by atoms with Crippen molar-refractivity contribution in [2.24, 2.45) is 0 Å². The predicted octanol–water partition coefficient (Wildman–Crippen LogP) is 2.72. The number of rotatable bonds is 8. The second-order valence-corrected chi connectivity index (χ2v) is 7.94. The predicted molar refractivity (Wildman–Crippen MR) is 99.3 cm³/mol. The van der Waals surface area contributed by atoms with E-state index in [1.165, 1.54) is 4.31 Å². The first-order chi connectivity index (χ1) is 11.9. The Morgan fingerprint density at radius 3 is 2.12 bits per heavy atom. The second kappa shape index (κ2) is 8.78. The van der Waals surface area contributed by atoms with Crippen LogP contribution in [0.4, 0.5) is 0 Å². The van der Waals surface area contributed by atoms with Crippen molar-refractivity contribution < 1.29 is 13.2 Å². The molecule has 134 valence electrons. The molecule has 0 heterocycles. The summed E-state index contributed by atoms with van der Waals surface area (Å²) in [4.78, 5) is 12.4. The van der Waals surface area contributed by atoms with Crippen molar-refractivity contribution >= 4 is 15.9 Å². The lowest BCUT2D eigenvalue weighted by Crippen LogP contribution is -2.41. The molecule has 0 radical (unpaired) electrons. The molecule has 0 aromatic heterocycles. The van der Waals surface area contributed by atoms with Crippen molar-refractivity contribution in [3.05, 3.63) is 71.8 Å². The fourth-order valence-electron chi connectivity index (χ4n) is 2.58. The molecule has 1 atom stereocenters. The Morgan fingerprint density at radius 1 is 1.04 bits per heavy atom. The lowest BCUT2D eigenvalue weighted by molar-refractivity contribution is -0.122. The maximum absolute atomic E-state index is 12.4. The van der Waals surface area contributed by atoms with Crippen molar-refractivity contribution in [1.82, 2.24) is 9.62 Å². The van der Waals surface area contributed by atoms with Crippen molar-refractivity contribution in [3.63, 3.8) is 0 Å². The maximum Gasteiger partial charge on any atom is 0.235 e. The van der Waals surface area contributed by atoms with E-state index < -0.39 is 10.0 Å². The molecule has 0 aliphatic carbocycles. The molecule has 0 spiro atoms. The van der Waals surface area contributed by atoms with Crippen LogP contribution in [0.5, 0.6) is 0 Å². The molecule has 0 unspecified atom stereocenters. The molecule has 2 aromatic carbocycles. The summed E-state index contributed by atoms with van der Waals surface area (Å²) < 4.78 is 25.3. The van der Waals surface area contributed by atoms with E-state index in [9.17, 15) is 13.2 Å². The van der Waals surface area contributed by atoms with Crippen molar-refractivity contribution in [2.45, 2.75) is 25.9 Å². The van der Waals surface area contributed by atoms with Gasteiger partial charge >= 0.3 is 0 Å². The zero-order valence-corrected chi connectivity index (χ0v) is 15.4. The number of carbonyl (C=O) groups is 1. The van der Waals surface area contributed by atoms with Crippen LogP contribution >= 0.6 is 0 Å². The molecule has 0 saturated carbocycles. The standard InChI is InChI=1S/C19H24N2O3S/c1-3-18(17-12-8-5-9-13-17)20-19(22)15-21(25(2,23)24)14-16-10-6-4-7-11-16/h4-13,18H,3,14-15H2,1-2H3,(H,20,22)/t18-/m0/s1. The van der Waals surface area contributed by atoms with E-state index in [2.05, 4.69) is 5.32 Å². The van der Waals surface area contributed by atoms with Crippen molar-refractivity contribution in [3.8, 4) is 0 Å². The summed E-state index contributed by atoms with van der Waals surface area (Å²) in [6.45, 7) is 1.96. The van der Waals surface area contributed by atoms with Gasteiger partial charge in [-0.2, -0.15) is 4.31 Å². The Balaban J connectivity index is 2.06. The largest absolute Gasteiger partial charge is 0.348 e. The number of hydrogen-bond acceptors (Lipinski definition) is 3. The minimum absolute atomic E-state index is 0.133. The average molecular weight is 360 g/mol. The number of nitrogens with one attached hydrogen (secondary N) is 1. The molecule has 0 aliphatic heterocycles. The molecule has 5 nitrogen and oxygen atoms in total. The summed E-state index contributed by atoms with van der Waals surface area (Å²) in [5, 5.41) is 2.93. The third-order valence-corrected chi connectivity index (χ3v) is 5.13. The highest BCUT2D eigenvalue weighted by molar-refractivity contribution is 7.88. The monoisotopic (exact) mass is 360 g/mol. The Hall–Kier alpha value is -2.18. The van der Waals surface area contributed by atoms with E-state index in [0.717, 1.165) is 23.8 Å². The minimum Gasteiger partial charge on any atom is -0.348 e. The quantitative estimate of drug-likeness (QED) is 0.787. The zero-order chi connectivity index (χ0) is 18.3. The van der Waals surface area contributed by atoms with Crippen LogP contribution in [0, 0.1) is 0 Å². The molecule has 25 heavy (non-hydrogen) atoms. The summed E-state index contributed by atoms with van der Waals surface area (Å²) in [5.74, 6) is -0.308. The minimum atomic E-state index is -3.49. The van der Waals surface area contributed by atoms with Gasteiger partial charge in [-0.15, -0.1) is 0 Å². The summed E-state index contributed by atoms with van der Waals surface area (Å²) in [6, 6.07) is 18.8. The molecule has 0 aliphatic rings. The molecule has 0 saturated heterocycles. The molecular formula is C19H24N2O3S. The first-order valence-corrected chi connectivity index (χ1v) is 10.1. The lowest BCUT2D eigenvalue weighted by atomic mass is 10.0. The number of nitrogens with zero attached hydrogens (tertiary/aromatic N) is 1. The average Bonchev–Trinajstić information content (AvgIpc) is 2.60. The van der Waals surface area contributed by atoms with Crippen LogP contribution in [0.2, 0.25) is 0 Å². The third kappa shape index (κ3) is 5.99. The summed E-state index contributed by atoms with van der Waals surface area (Å²) in [5.41, 5.74) is 1.85. The van der Waals surface area contributed by atoms with Crippen molar-refractivity contribution in [1.29, 1.82) is 0 Å². The SMILES string of the molecule is CC[C@H](NC(=O)CN(Cc1ccccc1)S(C)(=O)=O)c1ccccc1. The zero-order valence-electron chi connectivity index (χ0n) is 14.6. The van der Waals surface area contributed by atoms with E-state index in [1.54, 1.807) is 0 Å². The molecule has 0 bridgehead atoms. The van der Waals surface area contributed by atoms with Crippen LogP contribution in [0.1, 0.15) is 30.5 Å². The van der Waals surface area contributed by atoms with Gasteiger partial charge in [-0.25, -0.2) is 8.42 Å².